The summed E-state index contributed by atoms with van der Waals surface area (Å²) in [6, 6.07) is 21.7. The quantitative estimate of drug-likeness (QED) is 0.370. The number of benzene rings is 3. The lowest BCUT2D eigenvalue weighted by molar-refractivity contribution is -0.120. The van der Waals surface area contributed by atoms with Gasteiger partial charge < -0.3 is 19.9 Å². The van der Waals surface area contributed by atoms with E-state index in [2.05, 4.69) is 33.4 Å². The molecule has 2 N–H and O–H groups in total. The summed E-state index contributed by atoms with van der Waals surface area (Å²) < 4.78 is 5.39. The first-order valence-corrected chi connectivity index (χ1v) is 12.1. The van der Waals surface area contributed by atoms with E-state index in [0.717, 1.165) is 28.8 Å². The second kappa shape index (κ2) is 10.8. The number of aromatic nitrogens is 1. The maximum atomic E-state index is 13.9. The summed E-state index contributed by atoms with van der Waals surface area (Å²) in [5.41, 5.74) is 5.64. The SMILES string of the molecule is COc1cccc(-c2[nH]c3ccc(-c4cccc(CN(C)C)c4)cc3c(=O)c2CC(=O)NC(C)C)c1. The number of hydrogen-bond donors (Lipinski definition) is 2. The summed E-state index contributed by atoms with van der Waals surface area (Å²) in [6.45, 7) is 4.64. The minimum absolute atomic E-state index is 0.0153. The van der Waals surface area contributed by atoms with Crippen molar-refractivity contribution in [2.24, 2.45) is 0 Å². The lowest BCUT2D eigenvalue weighted by Gasteiger charge is -2.15. The maximum absolute atomic E-state index is 13.9. The van der Waals surface area contributed by atoms with Crippen molar-refractivity contribution in [2.45, 2.75) is 32.9 Å². The highest BCUT2D eigenvalue weighted by Crippen LogP contribution is 2.29. The number of aromatic amines is 1. The molecule has 0 atom stereocenters. The van der Waals surface area contributed by atoms with E-state index in [1.54, 1.807) is 7.11 Å². The highest BCUT2D eigenvalue weighted by molar-refractivity contribution is 5.90. The van der Waals surface area contributed by atoms with Crippen molar-refractivity contribution < 1.29 is 9.53 Å². The molecule has 0 saturated heterocycles. The van der Waals surface area contributed by atoms with E-state index in [0.29, 0.717) is 22.4 Å². The smallest absolute Gasteiger partial charge is 0.224 e. The lowest BCUT2D eigenvalue weighted by Crippen LogP contribution is -2.33. The van der Waals surface area contributed by atoms with Gasteiger partial charge in [-0.2, -0.15) is 0 Å². The number of ether oxygens (including phenoxy) is 1. The molecule has 0 unspecified atom stereocenters. The predicted octanol–water partition coefficient (Wildman–Crippen LogP) is 5.00. The number of fused-ring (bicyclic) bond motifs is 1. The largest absolute Gasteiger partial charge is 0.497 e. The summed E-state index contributed by atoms with van der Waals surface area (Å²) >= 11 is 0. The molecular weight excluding hydrogens is 450 g/mol. The summed E-state index contributed by atoms with van der Waals surface area (Å²) in [5, 5.41) is 3.47. The average Bonchev–Trinajstić information content (AvgIpc) is 2.84. The number of pyridine rings is 1. The van der Waals surface area contributed by atoms with Crippen LogP contribution in [0.15, 0.2) is 71.5 Å². The van der Waals surface area contributed by atoms with Gasteiger partial charge in [-0.3, -0.25) is 9.59 Å². The standard InChI is InChI=1S/C30H33N3O3/c1-19(2)31-28(34)17-26-29(23-10-7-11-24(15-23)36-5)32-27-13-12-22(16-25(27)30(26)35)21-9-6-8-20(14-21)18-33(3)4/h6-16,19H,17-18H2,1-5H3,(H,31,34)(H,32,35). The van der Waals surface area contributed by atoms with E-state index in [-0.39, 0.29) is 23.8 Å². The fourth-order valence-corrected chi connectivity index (χ4v) is 4.45. The molecule has 36 heavy (non-hydrogen) atoms. The van der Waals surface area contributed by atoms with Crippen LogP contribution >= 0.6 is 0 Å². The van der Waals surface area contributed by atoms with Crippen molar-refractivity contribution in [3.8, 4) is 28.1 Å². The topological polar surface area (TPSA) is 74.4 Å². The molecule has 0 radical (unpaired) electrons. The van der Waals surface area contributed by atoms with Crippen LogP contribution in [0, 0.1) is 0 Å². The van der Waals surface area contributed by atoms with Crippen LogP contribution in [-0.4, -0.2) is 43.0 Å². The van der Waals surface area contributed by atoms with Crippen molar-refractivity contribution in [3.63, 3.8) is 0 Å². The molecular formula is C30H33N3O3. The molecule has 1 heterocycles. The zero-order chi connectivity index (χ0) is 25.8. The van der Waals surface area contributed by atoms with Gasteiger partial charge in [0.1, 0.15) is 5.75 Å². The Morgan fingerprint density at radius 1 is 0.972 bits per heavy atom. The number of amides is 1. The summed E-state index contributed by atoms with van der Waals surface area (Å²) in [6.07, 6.45) is -0.0153. The van der Waals surface area contributed by atoms with Crippen LogP contribution in [0.3, 0.4) is 0 Å². The molecule has 0 fully saturated rings. The number of carbonyl (C=O) groups is 1. The Hall–Kier alpha value is -3.90. The van der Waals surface area contributed by atoms with E-state index in [1.807, 2.05) is 76.5 Å². The van der Waals surface area contributed by atoms with Crippen molar-refractivity contribution >= 4 is 16.8 Å². The van der Waals surface area contributed by atoms with E-state index >= 15 is 0 Å². The van der Waals surface area contributed by atoms with Crippen LogP contribution in [-0.2, 0) is 17.8 Å². The van der Waals surface area contributed by atoms with Gasteiger partial charge in [-0.1, -0.05) is 36.4 Å². The first-order valence-electron chi connectivity index (χ1n) is 12.1. The molecule has 4 aromatic rings. The Morgan fingerprint density at radius 2 is 1.69 bits per heavy atom. The number of nitrogens with zero attached hydrogens (tertiary/aromatic N) is 1. The molecule has 186 valence electrons. The third-order valence-corrected chi connectivity index (χ3v) is 6.00. The number of methoxy groups -OCH3 is 1. The molecule has 6 heteroatoms. The monoisotopic (exact) mass is 483 g/mol. The van der Waals surface area contributed by atoms with Gasteiger partial charge in [-0.25, -0.2) is 0 Å². The molecule has 3 aromatic carbocycles. The van der Waals surface area contributed by atoms with E-state index in [4.69, 9.17) is 4.74 Å². The first kappa shape index (κ1) is 25.2. The van der Waals surface area contributed by atoms with Crippen molar-refractivity contribution in [1.82, 2.24) is 15.2 Å². The van der Waals surface area contributed by atoms with Gasteiger partial charge in [0.25, 0.3) is 0 Å². The molecule has 1 aromatic heterocycles. The van der Waals surface area contributed by atoms with Crippen LogP contribution in [0.5, 0.6) is 5.75 Å². The van der Waals surface area contributed by atoms with Gasteiger partial charge in [0, 0.05) is 34.6 Å². The number of H-pyrrole nitrogens is 1. The summed E-state index contributed by atoms with van der Waals surface area (Å²) in [5.74, 6) is 0.491. The molecule has 6 nitrogen and oxygen atoms in total. The number of rotatable bonds is 8. The fourth-order valence-electron chi connectivity index (χ4n) is 4.45. The van der Waals surface area contributed by atoms with Crippen molar-refractivity contribution in [3.05, 3.63) is 88.1 Å². The molecule has 0 aliphatic rings. The Morgan fingerprint density at radius 3 is 2.42 bits per heavy atom. The van der Waals surface area contributed by atoms with Gasteiger partial charge >= 0.3 is 0 Å². The molecule has 0 spiro atoms. The zero-order valence-corrected chi connectivity index (χ0v) is 21.5. The molecule has 0 saturated carbocycles. The van der Waals surface area contributed by atoms with Crippen LogP contribution in [0.2, 0.25) is 0 Å². The molecule has 4 rings (SSSR count). The van der Waals surface area contributed by atoms with E-state index < -0.39 is 0 Å². The van der Waals surface area contributed by atoms with Crippen LogP contribution < -0.4 is 15.5 Å². The van der Waals surface area contributed by atoms with Gasteiger partial charge in [-0.15, -0.1) is 0 Å². The Balaban J connectivity index is 1.87. The maximum Gasteiger partial charge on any atom is 0.224 e. The Bertz CT molecular complexity index is 1450. The van der Waals surface area contributed by atoms with E-state index in [9.17, 15) is 9.59 Å². The first-order chi connectivity index (χ1) is 17.2. The molecule has 0 bridgehead atoms. The van der Waals surface area contributed by atoms with Gasteiger partial charge in [0.15, 0.2) is 5.43 Å². The van der Waals surface area contributed by atoms with Crippen molar-refractivity contribution in [2.75, 3.05) is 21.2 Å². The minimum Gasteiger partial charge on any atom is -0.497 e. The van der Waals surface area contributed by atoms with Gasteiger partial charge in [0.2, 0.25) is 5.91 Å². The highest BCUT2D eigenvalue weighted by Gasteiger charge is 2.18. The number of hydrogen-bond acceptors (Lipinski definition) is 4. The molecule has 0 aliphatic heterocycles. The van der Waals surface area contributed by atoms with E-state index in [1.165, 1.54) is 5.56 Å². The normalized spacial score (nSPS) is 11.3. The van der Waals surface area contributed by atoms with Crippen LogP contribution in [0.25, 0.3) is 33.3 Å². The van der Waals surface area contributed by atoms with Crippen molar-refractivity contribution in [1.29, 1.82) is 0 Å². The van der Waals surface area contributed by atoms with Gasteiger partial charge in [0.05, 0.1) is 19.2 Å². The van der Waals surface area contributed by atoms with Crippen LogP contribution in [0.1, 0.15) is 25.0 Å². The highest BCUT2D eigenvalue weighted by atomic mass is 16.5. The molecule has 1 amide bonds. The zero-order valence-electron chi connectivity index (χ0n) is 21.5. The predicted molar refractivity (Wildman–Crippen MR) is 146 cm³/mol. The average molecular weight is 484 g/mol. The molecule has 0 aliphatic carbocycles. The second-order valence-electron chi connectivity index (χ2n) is 9.64. The number of carbonyl (C=O) groups excluding carboxylic acids is 1. The van der Waals surface area contributed by atoms with Crippen LogP contribution in [0.4, 0.5) is 0 Å². The van der Waals surface area contributed by atoms with Gasteiger partial charge in [-0.05, 0) is 75.0 Å². The summed E-state index contributed by atoms with van der Waals surface area (Å²) in [7, 11) is 5.69. The third-order valence-electron chi connectivity index (χ3n) is 6.00. The second-order valence-corrected chi connectivity index (χ2v) is 9.64. The number of nitrogens with one attached hydrogen (secondary N) is 2. The summed E-state index contributed by atoms with van der Waals surface area (Å²) in [4.78, 5) is 32.2. The third kappa shape index (κ3) is 5.66. The fraction of sp³-hybridized carbons (Fsp3) is 0.267. The Kier molecular flexibility index (Phi) is 7.55. The minimum atomic E-state index is -0.188. The lowest BCUT2D eigenvalue weighted by atomic mass is 9.97. The Labute approximate surface area is 211 Å².